The molecule has 8 nitrogen and oxygen atoms in total. The van der Waals surface area contributed by atoms with Gasteiger partial charge in [0, 0.05) is 81.3 Å². The predicted octanol–water partition coefficient (Wildman–Crippen LogP) is 16.3. The van der Waals surface area contributed by atoms with Crippen molar-refractivity contribution in [2.75, 3.05) is 52.3 Å². The molecule has 10 aromatic carbocycles. The Kier molecular flexibility index (Phi) is 14.6. The van der Waals surface area contributed by atoms with Gasteiger partial charge in [0.15, 0.2) is 0 Å². The molecule has 4 aliphatic rings. The minimum absolute atomic E-state index is 0. The van der Waals surface area contributed by atoms with Crippen molar-refractivity contribution < 1.29 is 19.8 Å². The molecule has 0 aromatic heterocycles. The third kappa shape index (κ3) is 10.2. The zero-order valence-corrected chi connectivity index (χ0v) is 43.6. The van der Waals surface area contributed by atoms with Gasteiger partial charge in [-0.3, -0.25) is 0 Å². The summed E-state index contributed by atoms with van der Waals surface area (Å²) in [4.78, 5) is 18.0. The third-order valence-corrected chi connectivity index (χ3v) is 13.3. The second-order valence-corrected chi connectivity index (χ2v) is 17.9. The molecule has 14 rings (SSSR count). The molecule has 0 bridgehead atoms. The van der Waals surface area contributed by atoms with Crippen molar-refractivity contribution in [2.24, 2.45) is 0 Å². The van der Waals surface area contributed by atoms with Crippen LogP contribution in [0.1, 0.15) is 0 Å². The number of nitrogens with zero attached hydrogens (tertiary/aromatic N) is 8. The van der Waals surface area contributed by atoms with Gasteiger partial charge in [0.2, 0.25) is 0 Å². The summed E-state index contributed by atoms with van der Waals surface area (Å²) in [5, 5.41) is 0. The van der Waals surface area contributed by atoms with Crippen molar-refractivity contribution in [1.29, 1.82) is 0 Å². The van der Waals surface area contributed by atoms with Gasteiger partial charge in [-0.25, -0.2) is 0 Å². The minimum atomic E-state index is 0. The number of fused-ring (bicyclic) bond motifs is 4. The summed E-state index contributed by atoms with van der Waals surface area (Å²) >= 11 is 0. The van der Waals surface area contributed by atoms with Crippen LogP contribution in [0.2, 0.25) is 0 Å². The summed E-state index contributed by atoms with van der Waals surface area (Å²) in [6, 6.07) is 98.6. The fourth-order valence-electron chi connectivity index (χ4n) is 9.77. The van der Waals surface area contributed by atoms with Gasteiger partial charge >= 0.3 is 19.8 Å². The first kappa shape index (κ1) is 48.5. The summed E-state index contributed by atoms with van der Waals surface area (Å²) in [6.07, 6.45) is 0. The molecule has 0 atom stereocenters. The first-order valence-corrected chi connectivity index (χ1v) is 24.9. The number of hydrogen-bond donors (Lipinski definition) is 0. The molecule has 364 valence electrons. The number of hydrogen-bond acceptors (Lipinski definition) is 8. The minimum Gasteiger partial charge on any atom is -0.500 e. The Labute approximate surface area is 454 Å². The maximum atomic E-state index is 3.35. The fraction of sp³-hybridized carbons (Fsp3) is 0.0303. The van der Waals surface area contributed by atoms with Crippen LogP contribution in [0.25, 0.3) is 0 Å². The first-order valence-electron chi connectivity index (χ1n) is 24.9. The molecule has 0 fully saturated rings. The van der Waals surface area contributed by atoms with E-state index < -0.39 is 0 Å². The number of benzene rings is 10. The molecule has 0 saturated carbocycles. The van der Waals surface area contributed by atoms with Gasteiger partial charge in [0.1, 0.15) is 0 Å². The van der Waals surface area contributed by atoms with Crippen molar-refractivity contribution in [3.8, 4) is 0 Å². The van der Waals surface area contributed by atoms with E-state index in [0.717, 1.165) is 24.5 Å². The molecular formula is C66H52N8Os. The van der Waals surface area contributed by atoms with Crippen molar-refractivity contribution in [2.45, 2.75) is 0 Å². The van der Waals surface area contributed by atoms with E-state index in [9.17, 15) is 0 Å². The van der Waals surface area contributed by atoms with Gasteiger partial charge < -0.3 is 39.2 Å². The summed E-state index contributed by atoms with van der Waals surface area (Å²) in [5.74, 6) is 0. The van der Waals surface area contributed by atoms with Gasteiger partial charge in [0.25, 0.3) is 0 Å². The second kappa shape index (κ2) is 22.6. The molecule has 0 aliphatic carbocycles. The number of anilines is 14. The van der Waals surface area contributed by atoms with Crippen LogP contribution >= 0.6 is 0 Å². The van der Waals surface area contributed by atoms with Crippen molar-refractivity contribution >= 4 is 79.6 Å². The van der Waals surface area contributed by atoms with E-state index in [0.29, 0.717) is 0 Å². The first-order chi connectivity index (χ1) is 36.7. The Morgan fingerprint density at radius 3 is 0.747 bits per heavy atom. The average molecular weight is 1150 g/mol. The van der Waals surface area contributed by atoms with Gasteiger partial charge in [-0.1, -0.05) is 121 Å². The molecule has 0 N–H and O–H groups in total. The maximum Gasteiger partial charge on any atom is 6.00 e. The van der Waals surface area contributed by atoms with Crippen LogP contribution in [0.15, 0.2) is 267 Å². The molecule has 0 spiro atoms. The molecule has 4 aliphatic heterocycles. The summed E-state index contributed by atoms with van der Waals surface area (Å²) in [7, 11) is 0. The van der Waals surface area contributed by atoms with Crippen LogP contribution < -0.4 is 39.2 Å². The van der Waals surface area contributed by atoms with E-state index in [4.69, 9.17) is 0 Å². The van der Waals surface area contributed by atoms with Crippen molar-refractivity contribution in [1.82, 2.24) is 0 Å². The van der Waals surface area contributed by atoms with E-state index in [1.54, 1.807) is 0 Å². The van der Waals surface area contributed by atoms with Crippen LogP contribution in [-0.4, -0.2) is 13.1 Å². The Balaban J connectivity index is 0.000000124. The van der Waals surface area contributed by atoms with Crippen molar-refractivity contribution in [3.63, 3.8) is 0 Å². The second-order valence-electron chi connectivity index (χ2n) is 17.9. The predicted molar refractivity (Wildman–Crippen MR) is 307 cm³/mol. The smallest absolute Gasteiger partial charge is 0.500 e. The molecule has 0 saturated heterocycles. The van der Waals surface area contributed by atoms with Gasteiger partial charge in [-0.2, -0.15) is 74.0 Å². The molecule has 4 heterocycles. The molecule has 0 amide bonds. The van der Waals surface area contributed by atoms with Gasteiger partial charge in [0.05, 0.1) is 0 Å². The zero-order chi connectivity index (χ0) is 49.5. The average Bonchev–Trinajstić information content (AvgIpc) is 4.29. The quantitative estimate of drug-likeness (QED) is 0.132. The van der Waals surface area contributed by atoms with E-state index >= 15 is 0 Å². The summed E-state index contributed by atoms with van der Waals surface area (Å²) < 4.78 is 0. The van der Waals surface area contributed by atoms with Crippen LogP contribution in [0.5, 0.6) is 0 Å². The molecule has 0 radical (unpaired) electrons. The van der Waals surface area contributed by atoms with E-state index in [-0.39, 0.29) is 19.8 Å². The van der Waals surface area contributed by atoms with Crippen molar-refractivity contribution in [3.05, 3.63) is 306 Å². The van der Waals surface area contributed by atoms with Gasteiger partial charge in [-0.05, 0) is 97.1 Å². The normalized spacial score (nSPS) is 13.7. The number of rotatable bonds is 9. The topological polar surface area (TPSA) is 25.9 Å². The Bertz CT molecular complexity index is 3050. The third-order valence-electron chi connectivity index (χ3n) is 13.3. The molecule has 75 heavy (non-hydrogen) atoms. The maximum absolute atomic E-state index is 3.35. The molecular weight excluding hydrogens is 1100 g/mol. The van der Waals surface area contributed by atoms with Crippen LogP contribution in [-0.2, 0) is 19.8 Å². The molecule has 0 unspecified atom stereocenters. The van der Waals surface area contributed by atoms with Gasteiger partial charge in [-0.15, -0.1) is 24.7 Å². The van der Waals surface area contributed by atoms with Crippen LogP contribution in [0.4, 0.5) is 79.6 Å². The van der Waals surface area contributed by atoms with E-state index in [2.05, 4.69) is 296 Å². The van der Waals surface area contributed by atoms with Crippen LogP contribution in [0.3, 0.4) is 0 Å². The van der Waals surface area contributed by atoms with Crippen LogP contribution in [0, 0.1) is 38.8 Å². The number of para-hydroxylation sites is 14. The zero-order valence-electron chi connectivity index (χ0n) is 41.1. The molecule has 9 heteroatoms. The standard InChI is InChI=1S/C28H22N4.2C19H15N2.Os/c1-3-11-23(12-4-1)31-21-29(25-15-7-9-17-27(25)31)19-20-30-22-32(24-13-5-2-6-14-24)28-18-10-8-16-26(28)30;2*1-3-9-16(10-4-1)20-15-21(17-11-5-2-6-12-17)19-14-8-7-13-18(19)20;/h1-11,13,15-18,21-22H,19-20H2;2*1-15H;/q-4;2*-1;+6. The molecule has 10 aromatic rings. The largest absolute Gasteiger partial charge is 6.00 e. The van der Waals surface area contributed by atoms with E-state index in [1.807, 2.05) is 48.5 Å². The Hall–Kier alpha value is -8.76. The summed E-state index contributed by atoms with van der Waals surface area (Å²) in [6.45, 7) is 10.4. The monoisotopic (exact) mass is 1150 g/mol. The Morgan fingerprint density at radius 1 is 0.240 bits per heavy atom. The SMILES string of the molecule is [Os+6].[c-]1ccccc1N1[CH-]N(CCN2[CH-]N(c3[c-]cccc3)c3ccccc32)c2ccccc21.c1ccc(N2[CH-]N(c3ccccc3)c3ccccc32)cc1.c1ccc(N2[CH-]N(c3ccccc3)c3ccccc32)cc1. The fourth-order valence-corrected chi connectivity index (χ4v) is 9.77. The Morgan fingerprint density at radius 2 is 0.480 bits per heavy atom. The summed E-state index contributed by atoms with van der Waals surface area (Å²) in [5.41, 5.74) is 16.4. The van der Waals surface area contributed by atoms with E-state index in [1.165, 1.54) is 68.2 Å².